The maximum atomic E-state index is 13.3. The molecule has 0 aliphatic rings. The third-order valence-corrected chi connectivity index (χ3v) is 4.67. The molecule has 108 valence electrons. The fraction of sp³-hybridized carbons (Fsp3) is 0.375. The molecule has 20 heavy (non-hydrogen) atoms. The maximum absolute atomic E-state index is 13.3. The lowest BCUT2D eigenvalue weighted by molar-refractivity contribution is 0.503. The van der Waals surface area contributed by atoms with Crippen LogP contribution in [0, 0.1) is 25.5 Å². The van der Waals surface area contributed by atoms with Gasteiger partial charge in [0.2, 0.25) is 0 Å². The summed E-state index contributed by atoms with van der Waals surface area (Å²) in [5, 5.41) is 3.42. The Hall–Kier alpha value is -1.26. The van der Waals surface area contributed by atoms with Crippen LogP contribution in [0.25, 0.3) is 0 Å². The van der Waals surface area contributed by atoms with Gasteiger partial charge in [-0.1, -0.05) is 13.0 Å². The second-order valence-corrected chi connectivity index (χ2v) is 6.24. The minimum Gasteiger partial charge on any atom is -0.309 e. The minimum atomic E-state index is -0.795. The number of likely N-dealkylation sites (N-methyl/N-ethyl adjacent to an activating group) is 1. The van der Waals surface area contributed by atoms with Gasteiger partial charge in [-0.05, 0) is 56.1 Å². The molecule has 1 atom stereocenters. The first-order valence-corrected chi connectivity index (χ1v) is 7.57. The third-order valence-electron chi connectivity index (χ3n) is 3.40. The standard InChI is InChI=1S/C16H19F2NS/c1-4-19-15(16-7-10(2)11(3)20-16)9-12-5-6-13(17)14(18)8-12/h5-8,15,19H,4,9H2,1-3H3. The quantitative estimate of drug-likeness (QED) is 0.854. The fourth-order valence-corrected chi connectivity index (χ4v) is 3.31. The van der Waals surface area contributed by atoms with E-state index in [1.165, 1.54) is 27.5 Å². The predicted octanol–water partition coefficient (Wildman–Crippen LogP) is 4.54. The largest absolute Gasteiger partial charge is 0.309 e. The zero-order valence-electron chi connectivity index (χ0n) is 12.0. The van der Waals surface area contributed by atoms with E-state index in [0.717, 1.165) is 12.1 Å². The Labute approximate surface area is 122 Å². The lowest BCUT2D eigenvalue weighted by atomic mass is 10.0. The second kappa shape index (κ2) is 6.46. The Kier molecular flexibility index (Phi) is 4.89. The number of thiophene rings is 1. The van der Waals surface area contributed by atoms with E-state index in [2.05, 4.69) is 25.2 Å². The van der Waals surface area contributed by atoms with Gasteiger partial charge in [0.1, 0.15) is 0 Å². The number of aryl methyl sites for hydroxylation is 2. The second-order valence-electron chi connectivity index (χ2n) is 4.95. The molecule has 2 rings (SSSR count). The molecule has 0 bridgehead atoms. The van der Waals surface area contributed by atoms with Crippen LogP contribution in [0.4, 0.5) is 8.78 Å². The summed E-state index contributed by atoms with van der Waals surface area (Å²) in [6.07, 6.45) is 0.657. The average Bonchev–Trinajstić information content (AvgIpc) is 2.73. The maximum Gasteiger partial charge on any atom is 0.159 e. The van der Waals surface area contributed by atoms with Gasteiger partial charge >= 0.3 is 0 Å². The molecule has 0 fully saturated rings. The molecule has 0 saturated heterocycles. The number of benzene rings is 1. The van der Waals surface area contributed by atoms with Gasteiger partial charge in [0.05, 0.1) is 0 Å². The van der Waals surface area contributed by atoms with Crippen LogP contribution in [0.1, 0.15) is 33.8 Å². The van der Waals surface area contributed by atoms with E-state index in [4.69, 9.17) is 0 Å². The molecular formula is C16H19F2NS. The summed E-state index contributed by atoms with van der Waals surface area (Å²) in [7, 11) is 0. The van der Waals surface area contributed by atoms with Crippen molar-refractivity contribution in [3.63, 3.8) is 0 Å². The molecule has 1 aromatic carbocycles. The van der Waals surface area contributed by atoms with E-state index in [1.807, 2.05) is 6.92 Å². The first kappa shape index (κ1) is 15.1. The normalized spacial score (nSPS) is 12.7. The van der Waals surface area contributed by atoms with Crippen LogP contribution < -0.4 is 5.32 Å². The van der Waals surface area contributed by atoms with Gasteiger partial charge < -0.3 is 5.32 Å². The van der Waals surface area contributed by atoms with Crippen LogP contribution in [0.5, 0.6) is 0 Å². The van der Waals surface area contributed by atoms with Crippen LogP contribution in [0.3, 0.4) is 0 Å². The lowest BCUT2D eigenvalue weighted by Crippen LogP contribution is -2.22. The van der Waals surface area contributed by atoms with E-state index in [9.17, 15) is 8.78 Å². The first-order chi connectivity index (χ1) is 9.51. The molecule has 0 aliphatic heterocycles. The van der Waals surface area contributed by atoms with Crippen LogP contribution in [0.15, 0.2) is 24.3 Å². The van der Waals surface area contributed by atoms with Crippen molar-refractivity contribution in [1.82, 2.24) is 5.32 Å². The van der Waals surface area contributed by atoms with Gasteiger partial charge in [-0.3, -0.25) is 0 Å². The van der Waals surface area contributed by atoms with E-state index in [1.54, 1.807) is 17.4 Å². The number of hydrogen-bond donors (Lipinski definition) is 1. The average molecular weight is 295 g/mol. The Bertz CT molecular complexity index is 573. The predicted molar refractivity (Wildman–Crippen MR) is 80.3 cm³/mol. The Morgan fingerprint density at radius 3 is 2.45 bits per heavy atom. The van der Waals surface area contributed by atoms with E-state index >= 15 is 0 Å². The van der Waals surface area contributed by atoms with Crippen LogP contribution in [-0.4, -0.2) is 6.54 Å². The molecular weight excluding hydrogens is 276 g/mol. The Balaban J connectivity index is 2.22. The van der Waals surface area contributed by atoms with Gasteiger partial charge in [-0.15, -0.1) is 11.3 Å². The van der Waals surface area contributed by atoms with Crippen molar-refractivity contribution in [2.24, 2.45) is 0 Å². The van der Waals surface area contributed by atoms with Crippen LogP contribution >= 0.6 is 11.3 Å². The molecule has 1 N–H and O–H groups in total. The van der Waals surface area contributed by atoms with Crippen molar-refractivity contribution in [2.45, 2.75) is 33.2 Å². The molecule has 0 amide bonds. The summed E-state index contributed by atoms with van der Waals surface area (Å²) in [6, 6.07) is 6.44. The Morgan fingerprint density at radius 2 is 1.90 bits per heavy atom. The van der Waals surface area contributed by atoms with Crippen molar-refractivity contribution in [3.05, 3.63) is 56.8 Å². The zero-order chi connectivity index (χ0) is 14.7. The molecule has 0 spiro atoms. The van der Waals surface area contributed by atoms with Gasteiger partial charge in [-0.25, -0.2) is 8.78 Å². The fourth-order valence-electron chi connectivity index (χ4n) is 2.20. The number of rotatable bonds is 5. The topological polar surface area (TPSA) is 12.0 Å². The van der Waals surface area contributed by atoms with Crippen molar-refractivity contribution in [3.8, 4) is 0 Å². The summed E-state index contributed by atoms with van der Waals surface area (Å²) in [5.74, 6) is -1.58. The van der Waals surface area contributed by atoms with Crippen molar-refractivity contribution in [1.29, 1.82) is 0 Å². The highest BCUT2D eigenvalue weighted by Gasteiger charge is 2.15. The van der Waals surface area contributed by atoms with Crippen molar-refractivity contribution >= 4 is 11.3 Å². The zero-order valence-corrected chi connectivity index (χ0v) is 12.8. The van der Waals surface area contributed by atoms with E-state index < -0.39 is 11.6 Å². The van der Waals surface area contributed by atoms with Crippen molar-refractivity contribution in [2.75, 3.05) is 6.54 Å². The Morgan fingerprint density at radius 1 is 1.15 bits per heavy atom. The molecule has 1 unspecified atom stereocenters. The summed E-state index contributed by atoms with van der Waals surface area (Å²) >= 11 is 1.76. The molecule has 0 aliphatic carbocycles. The molecule has 1 heterocycles. The monoisotopic (exact) mass is 295 g/mol. The molecule has 4 heteroatoms. The number of halogens is 2. The highest BCUT2D eigenvalue weighted by molar-refractivity contribution is 7.12. The highest BCUT2D eigenvalue weighted by Crippen LogP contribution is 2.29. The SMILES string of the molecule is CCNC(Cc1ccc(F)c(F)c1)c1cc(C)c(C)s1. The van der Waals surface area contributed by atoms with Crippen LogP contribution in [0.2, 0.25) is 0 Å². The molecule has 1 nitrogen and oxygen atoms in total. The summed E-state index contributed by atoms with van der Waals surface area (Å²) in [6.45, 7) is 7.08. The highest BCUT2D eigenvalue weighted by atomic mass is 32.1. The van der Waals surface area contributed by atoms with E-state index in [-0.39, 0.29) is 6.04 Å². The van der Waals surface area contributed by atoms with Gasteiger partial charge in [0.25, 0.3) is 0 Å². The molecule has 1 aromatic heterocycles. The molecule has 2 aromatic rings. The smallest absolute Gasteiger partial charge is 0.159 e. The summed E-state index contributed by atoms with van der Waals surface area (Å²) in [4.78, 5) is 2.54. The number of hydrogen-bond acceptors (Lipinski definition) is 2. The van der Waals surface area contributed by atoms with Gasteiger partial charge in [-0.2, -0.15) is 0 Å². The van der Waals surface area contributed by atoms with Gasteiger partial charge in [0.15, 0.2) is 11.6 Å². The number of nitrogens with one attached hydrogen (secondary N) is 1. The van der Waals surface area contributed by atoms with Crippen molar-refractivity contribution < 1.29 is 8.78 Å². The lowest BCUT2D eigenvalue weighted by Gasteiger charge is -2.16. The van der Waals surface area contributed by atoms with Crippen LogP contribution in [-0.2, 0) is 6.42 Å². The van der Waals surface area contributed by atoms with E-state index in [0.29, 0.717) is 6.42 Å². The first-order valence-electron chi connectivity index (χ1n) is 6.75. The molecule has 0 radical (unpaired) electrons. The minimum absolute atomic E-state index is 0.141. The third kappa shape index (κ3) is 3.44. The summed E-state index contributed by atoms with van der Waals surface area (Å²) in [5.41, 5.74) is 2.08. The molecule has 0 saturated carbocycles. The summed E-state index contributed by atoms with van der Waals surface area (Å²) < 4.78 is 26.3. The van der Waals surface area contributed by atoms with Gasteiger partial charge in [0, 0.05) is 15.8 Å².